The summed E-state index contributed by atoms with van der Waals surface area (Å²) in [4.78, 5) is 15.4. The quantitative estimate of drug-likeness (QED) is 0.370. The second-order valence-electron chi connectivity index (χ2n) is 9.19. The third-order valence-electron chi connectivity index (χ3n) is 5.84. The number of anilines is 1. The average molecular weight is 474 g/mol. The van der Waals surface area contributed by atoms with E-state index in [-0.39, 0.29) is 11.3 Å². The SMILES string of the molecule is COc1ccc(/C=C2\C=C(c3ccc(Cl)cc3)N(c3ccc(C(C)(C)C)cc3)C2=O)cc1OC. The van der Waals surface area contributed by atoms with Crippen molar-refractivity contribution in [2.24, 2.45) is 0 Å². The lowest BCUT2D eigenvalue weighted by molar-refractivity contribution is -0.113. The van der Waals surface area contributed by atoms with Crippen LogP contribution < -0.4 is 14.4 Å². The Balaban J connectivity index is 1.79. The van der Waals surface area contributed by atoms with E-state index in [4.69, 9.17) is 21.1 Å². The van der Waals surface area contributed by atoms with Crippen LogP contribution in [0.5, 0.6) is 11.5 Å². The average Bonchev–Trinajstić information content (AvgIpc) is 3.14. The Hall–Kier alpha value is -3.50. The molecule has 0 fully saturated rings. The van der Waals surface area contributed by atoms with Crippen LogP contribution in [-0.4, -0.2) is 20.1 Å². The summed E-state index contributed by atoms with van der Waals surface area (Å²) in [6, 6.07) is 21.3. The molecule has 5 heteroatoms. The van der Waals surface area contributed by atoms with E-state index >= 15 is 0 Å². The standard InChI is InChI=1S/C29H28ClNO3/c1-29(2,3)22-9-13-24(14-10-22)31-25(20-7-11-23(30)12-8-20)18-21(28(31)32)16-19-6-15-26(33-4)27(17-19)34-5/h6-18H,1-5H3/b21-16+. The molecular formula is C29H28ClNO3. The molecule has 0 spiro atoms. The lowest BCUT2D eigenvalue weighted by atomic mass is 9.87. The molecular weight excluding hydrogens is 446 g/mol. The summed E-state index contributed by atoms with van der Waals surface area (Å²) in [5.74, 6) is 1.16. The van der Waals surface area contributed by atoms with Crippen molar-refractivity contribution in [1.29, 1.82) is 0 Å². The lowest BCUT2D eigenvalue weighted by Gasteiger charge is -2.23. The highest BCUT2D eigenvalue weighted by Gasteiger charge is 2.30. The number of ether oxygens (including phenoxy) is 2. The monoisotopic (exact) mass is 473 g/mol. The molecule has 0 bridgehead atoms. The van der Waals surface area contributed by atoms with Gasteiger partial charge in [-0.1, -0.05) is 62.7 Å². The molecule has 0 aromatic heterocycles. The minimum Gasteiger partial charge on any atom is -0.493 e. The molecule has 1 amide bonds. The normalized spacial score (nSPS) is 15.0. The Labute approximate surface area is 206 Å². The van der Waals surface area contributed by atoms with Gasteiger partial charge in [0.1, 0.15) is 0 Å². The van der Waals surface area contributed by atoms with Gasteiger partial charge >= 0.3 is 0 Å². The number of rotatable bonds is 5. The van der Waals surface area contributed by atoms with Gasteiger partial charge in [-0.15, -0.1) is 0 Å². The van der Waals surface area contributed by atoms with E-state index in [9.17, 15) is 4.79 Å². The molecule has 1 aliphatic rings. The van der Waals surface area contributed by atoms with Crippen molar-refractivity contribution in [3.8, 4) is 11.5 Å². The number of nitrogens with zero attached hydrogens (tertiary/aromatic N) is 1. The molecule has 0 unspecified atom stereocenters. The first kappa shape index (κ1) is 23.7. The summed E-state index contributed by atoms with van der Waals surface area (Å²) in [7, 11) is 3.19. The summed E-state index contributed by atoms with van der Waals surface area (Å²) < 4.78 is 10.8. The summed E-state index contributed by atoms with van der Waals surface area (Å²) in [5.41, 5.74) is 5.19. The number of carbonyl (C=O) groups is 1. The van der Waals surface area contributed by atoms with Crippen LogP contribution in [0.3, 0.4) is 0 Å². The fourth-order valence-electron chi connectivity index (χ4n) is 3.94. The molecule has 3 aromatic rings. The van der Waals surface area contributed by atoms with Crippen molar-refractivity contribution < 1.29 is 14.3 Å². The fourth-order valence-corrected chi connectivity index (χ4v) is 4.06. The van der Waals surface area contributed by atoms with Crippen LogP contribution in [0.4, 0.5) is 5.69 Å². The van der Waals surface area contributed by atoms with E-state index in [0.29, 0.717) is 22.1 Å². The van der Waals surface area contributed by atoms with E-state index in [1.165, 1.54) is 5.56 Å². The number of amides is 1. The largest absolute Gasteiger partial charge is 0.493 e. The number of halogens is 1. The third kappa shape index (κ3) is 4.73. The zero-order chi connectivity index (χ0) is 24.5. The number of benzene rings is 3. The third-order valence-corrected chi connectivity index (χ3v) is 6.10. The number of hydrogen-bond donors (Lipinski definition) is 0. The molecule has 0 radical (unpaired) electrons. The first-order valence-electron chi connectivity index (χ1n) is 11.1. The number of hydrogen-bond acceptors (Lipinski definition) is 3. The summed E-state index contributed by atoms with van der Waals surface area (Å²) in [5, 5.41) is 0.649. The van der Waals surface area contributed by atoms with Gasteiger partial charge in [-0.2, -0.15) is 0 Å². The molecule has 174 valence electrons. The van der Waals surface area contributed by atoms with E-state index in [1.807, 2.05) is 66.7 Å². The second kappa shape index (κ2) is 9.40. The predicted octanol–water partition coefficient (Wildman–Crippen LogP) is 7.13. The Kier molecular flexibility index (Phi) is 6.54. The molecule has 0 aliphatic carbocycles. The molecule has 4 rings (SSSR count). The number of carbonyl (C=O) groups excluding carboxylic acids is 1. The fraction of sp³-hybridized carbons (Fsp3) is 0.207. The van der Waals surface area contributed by atoms with Crippen LogP contribution in [0.2, 0.25) is 5.02 Å². The Morgan fingerprint density at radius 3 is 2.09 bits per heavy atom. The van der Waals surface area contributed by atoms with Crippen LogP contribution >= 0.6 is 11.6 Å². The Morgan fingerprint density at radius 2 is 1.50 bits per heavy atom. The van der Waals surface area contributed by atoms with Crippen molar-refractivity contribution in [2.45, 2.75) is 26.2 Å². The van der Waals surface area contributed by atoms with Gasteiger partial charge in [-0.3, -0.25) is 9.69 Å². The van der Waals surface area contributed by atoms with Crippen molar-refractivity contribution in [3.63, 3.8) is 0 Å². The maximum atomic E-state index is 13.6. The zero-order valence-electron chi connectivity index (χ0n) is 20.1. The predicted molar refractivity (Wildman–Crippen MR) is 140 cm³/mol. The van der Waals surface area contributed by atoms with Gasteiger partial charge in [0.25, 0.3) is 5.91 Å². The molecule has 34 heavy (non-hydrogen) atoms. The summed E-state index contributed by atoms with van der Waals surface area (Å²) >= 11 is 6.12. The summed E-state index contributed by atoms with van der Waals surface area (Å²) in [6.07, 6.45) is 3.78. The smallest absolute Gasteiger partial charge is 0.262 e. The van der Waals surface area contributed by atoms with Gasteiger partial charge in [0.15, 0.2) is 11.5 Å². The van der Waals surface area contributed by atoms with Crippen LogP contribution in [0.1, 0.15) is 37.5 Å². The van der Waals surface area contributed by atoms with E-state index in [0.717, 1.165) is 22.5 Å². The van der Waals surface area contributed by atoms with Crippen LogP contribution in [0, 0.1) is 0 Å². The van der Waals surface area contributed by atoms with E-state index in [1.54, 1.807) is 19.1 Å². The minimum absolute atomic E-state index is 0.0287. The van der Waals surface area contributed by atoms with Gasteiger partial charge in [0, 0.05) is 16.3 Å². The van der Waals surface area contributed by atoms with Crippen molar-refractivity contribution >= 4 is 35.0 Å². The van der Waals surface area contributed by atoms with Crippen molar-refractivity contribution in [1.82, 2.24) is 0 Å². The zero-order valence-corrected chi connectivity index (χ0v) is 20.8. The highest BCUT2D eigenvalue weighted by Crippen LogP contribution is 2.37. The first-order chi connectivity index (χ1) is 16.2. The molecule has 1 aliphatic heterocycles. The van der Waals surface area contributed by atoms with Gasteiger partial charge in [-0.05, 0) is 70.7 Å². The maximum absolute atomic E-state index is 13.6. The van der Waals surface area contributed by atoms with Gasteiger partial charge in [0.2, 0.25) is 0 Å². The minimum atomic E-state index is -0.0942. The van der Waals surface area contributed by atoms with Gasteiger partial charge in [0.05, 0.1) is 19.9 Å². The highest BCUT2D eigenvalue weighted by molar-refractivity contribution is 6.30. The molecule has 0 saturated carbocycles. The Bertz CT molecular complexity index is 1270. The van der Waals surface area contributed by atoms with Gasteiger partial charge in [-0.25, -0.2) is 0 Å². The highest BCUT2D eigenvalue weighted by atomic mass is 35.5. The van der Waals surface area contributed by atoms with Crippen LogP contribution in [0.25, 0.3) is 11.8 Å². The summed E-state index contributed by atoms with van der Waals surface area (Å²) in [6.45, 7) is 6.52. The topological polar surface area (TPSA) is 38.8 Å². The molecule has 0 atom stereocenters. The Morgan fingerprint density at radius 1 is 0.853 bits per heavy atom. The molecule has 0 N–H and O–H groups in total. The van der Waals surface area contributed by atoms with Crippen molar-refractivity contribution in [2.75, 3.05) is 19.1 Å². The molecule has 1 heterocycles. The van der Waals surface area contributed by atoms with Crippen LogP contribution in [-0.2, 0) is 10.2 Å². The number of methoxy groups -OCH3 is 2. The van der Waals surface area contributed by atoms with Crippen LogP contribution in [0.15, 0.2) is 78.4 Å². The second-order valence-corrected chi connectivity index (χ2v) is 9.62. The van der Waals surface area contributed by atoms with Crippen molar-refractivity contribution in [3.05, 3.63) is 100 Å². The van der Waals surface area contributed by atoms with E-state index < -0.39 is 0 Å². The van der Waals surface area contributed by atoms with E-state index in [2.05, 4.69) is 32.9 Å². The molecule has 0 saturated heterocycles. The first-order valence-corrected chi connectivity index (χ1v) is 11.5. The van der Waals surface area contributed by atoms with Gasteiger partial charge < -0.3 is 9.47 Å². The molecule has 3 aromatic carbocycles. The lowest BCUT2D eigenvalue weighted by Crippen LogP contribution is -2.25. The molecule has 4 nitrogen and oxygen atoms in total. The maximum Gasteiger partial charge on any atom is 0.262 e.